The van der Waals surface area contributed by atoms with E-state index in [1.54, 1.807) is 18.2 Å². The number of amides is 1. The second-order valence-corrected chi connectivity index (χ2v) is 7.36. The van der Waals surface area contributed by atoms with Crippen LogP contribution < -0.4 is 14.8 Å². The van der Waals surface area contributed by atoms with Crippen molar-refractivity contribution in [3.8, 4) is 11.5 Å². The fraction of sp³-hybridized carbons (Fsp3) is 0.115. The molecule has 33 heavy (non-hydrogen) atoms. The third kappa shape index (κ3) is 5.26. The third-order valence-corrected chi connectivity index (χ3v) is 5.11. The highest BCUT2D eigenvalue weighted by Gasteiger charge is 2.30. The number of nitrogens with one attached hydrogen (secondary N) is 1. The van der Waals surface area contributed by atoms with E-state index in [-0.39, 0.29) is 17.9 Å². The van der Waals surface area contributed by atoms with Gasteiger partial charge in [-0.05, 0) is 59.3 Å². The summed E-state index contributed by atoms with van der Waals surface area (Å²) in [6.45, 7) is 0.145. The molecule has 0 aliphatic carbocycles. The summed E-state index contributed by atoms with van der Waals surface area (Å²) in [4.78, 5) is 12.7. The number of hydrogen-bond acceptors (Lipinski definition) is 3. The number of fused-ring (bicyclic) bond motifs is 1. The first-order valence-electron chi connectivity index (χ1n) is 10.1. The number of methoxy groups -OCH3 is 1. The van der Waals surface area contributed by atoms with Gasteiger partial charge in [-0.25, -0.2) is 0 Å². The smallest absolute Gasteiger partial charge is 0.416 e. The van der Waals surface area contributed by atoms with E-state index in [4.69, 9.17) is 9.47 Å². The first-order valence-corrected chi connectivity index (χ1v) is 10.1. The van der Waals surface area contributed by atoms with E-state index in [1.165, 1.54) is 19.2 Å². The van der Waals surface area contributed by atoms with Crippen LogP contribution in [0, 0.1) is 0 Å². The molecule has 0 radical (unpaired) electrons. The Bertz CT molecular complexity index is 1300. The monoisotopic (exact) mass is 451 g/mol. The lowest BCUT2D eigenvalue weighted by Crippen LogP contribution is -2.14. The minimum atomic E-state index is -4.49. The molecule has 0 unspecified atom stereocenters. The van der Waals surface area contributed by atoms with Crippen molar-refractivity contribution in [1.82, 2.24) is 0 Å². The maximum Gasteiger partial charge on any atom is 0.416 e. The molecule has 0 aliphatic heterocycles. The van der Waals surface area contributed by atoms with Crippen LogP contribution in [0.25, 0.3) is 10.8 Å². The molecule has 0 bridgehead atoms. The Morgan fingerprint density at radius 2 is 1.67 bits per heavy atom. The van der Waals surface area contributed by atoms with Crippen LogP contribution in [-0.4, -0.2) is 13.0 Å². The molecule has 4 aromatic carbocycles. The highest BCUT2D eigenvalue weighted by molar-refractivity contribution is 6.04. The Hall–Kier alpha value is -4.00. The Morgan fingerprint density at radius 1 is 0.879 bits per heavy atom. The molecular formula is C26H20F3NO3. The molecule has 0 fully saturated rings. The molecule has 4 rings (SSSR count). The minimum Gasteiger partial charge on any atom is -0.496 e. The van der Waals surface area contributed by atoms with Gasteiger partial charge in [0.05, 0.1) is 12.7 Å². The quantitative estimate of drug-likeness (QED) is 0.355. The standard InChI is InChI=1S/C26H20F3NO3/c1-32-24-12-10-19(25(31)30-22-8-4-7-21(15-22)26(27,28)29)13-20(24)16-33-23-11-9-17-5-2-3-6-18(17)14-23/h2-15H,16H2,1H3,(H,30,31). The fourth-order valence-corrected chi connectivity index (χ4v) is 3.43. The van der Waals surface area contributed by atoms with E-state index in [2.05, 4.69) is 5.32 Å². The van der Waals surface area contributed by atoms with E-state index in [9.17, 15) is 18.0 Å². The Labute approximate surface area is 188 Å². The van der Waals surface area contributed by atoms with E-state index >= 15 is 0 Å². The van der Waals surface area contributed by atoms with Crippen LogP contribution in [0.5, 0.6) is 11.5 Å². The highest BCUT2D eigenvalue weighted by atomic mass is 19.4. The van der Waals surface area contributed by atoms with E-state index in [0.29, 0.717) is 17.1 Å². The van der Waals surface area contributed by atoms with Gasteiger partial charge in [0.1, 0.15) is 18.1 Å². The molecule has 1 amide bonds. The van der Waals surface area contributed by atoms with E-state index < -0.39 is 17.6 Å². The highest BCUT2D eigenvalue weighted by Crippen LogP contribution is 2.31. The van der Waals surface area contributed by atoms with Crippen LogP contribution in [0.15, 0.2) is 84.9 Å². The minimum absolute atomic E-state index is 0.0552. The number of rotatable bonds is 6. The van der Waals surface area contributed by atoms with Crippen molar-refractivity contribution >= 4 is 22.4 Å². The number of alkyl halides is 3. The SMILES string of the molecule is COc1ccc(C(=O)Nc2cccc(C(F)(F)F)c2)cc1COc1ccc2ccccc2c1. The normalized spacial score (nSPS) is 11.3. The zero-order valence-electron chi connectivity index (χ0n) is 17.6. The molecule has 0 aliphatic rings. The second kappa shape index (κ2) is 9.24. The Balaban J connectivity index is 1.51. The number of halogens is 3. The summed E-state index contributed by atoms with van der Waals surface area (Å²) in [6, 6.07) is 22.9. The Kier molecular flexibility index (Phi) is 6.22. The largest absolute Gasteiger partial charge is 0.496 e. The predicted molar refractivity (Wildman–Crippen MR) is 121 cm³/mol. The van der Waals surface area contributed by atoms with Gasteiger partial charge in [-0.2, -0.15) is 13.2 Å². The van der Waals surface area contributed by atoms with Gasteiger partial charge in [0.15, 0.2) is 0 Å². The fourth-order valence-electron chi connectivity index (χ4n) is 3.43. The number of hydrogen-bond donors (Lipinski definition) is 1. The molecule has 0 atom stereocenters. The molecular weight excluding hydrogens is 431 g/mol. The molecule has 0 saturated carbocycles. The molecule has 1 N–H and O–H groups in total. The summed E-state index contributed by atoms with van der Waals surface area (Å²) in [5, 5.41) is 4.64. The maximum absolute atomic E-state index is 12.9. The lowest BCUT2D eigenvalue weighted by Gasteiger charge is -2.13. The van der Waals surface area contributed by atoms with Crippen LogP contribution in [0.1, 0.15) is 21.5 Å². The van der Waals surface area contributed by atoms with Crippen molar-refractivity contribution in [2.75, 3.05) is 12.4 Å². The van der Waals surface area contributed by atoms with Crippen molar-refractivity contribution in [3.63, 3.8) is 0 Å². The first kappa shape index (κ1) is 22.2. The molecule has 4 nitrogen and oxygen atoms in total. The Morgan fingerprint density at radius 3 is 2.42 bits per heavy atom. The van der Waals surface area contributed by atoms with Crippen LogP contribution in [0.4, 0.5) is 18.9 Å². The predicted octanol–water partition coefficient (Wildman–Crippen LogP) is 6.70. The number of anilines is 1. The summed E-state index contributed by atoms with van der Waals surface area (Å²) in [7, 11) is 1.51. The van der Waals surface area contributed by atoms with Gasteiger partial charge in [-0.1, -0.05) is 36.4 Å². The van der Waals surface area contributed by atoms with Gasteiger partial charge in [-0.15, -0.1) is 0 Å². The van der Waals surface area contributed by atoms with Crippen LogP contribution in [0.3, 0.4) is 0 Å². The van der Waals surface area contributed by atoms with Gasteiger partial charge < -0.3 is 14.8 Å². The molecule has 0 saturated heterocycles. The molecule has 0 heterocycles. The summed E-state index contributed by atoms with van der Waals surface area (Å²) in [6.07, 6.45) is -4.49. The average molecular weight is 451 g/mol. The topological polar surface area (TPSA) is 47.6 Å². The molecule has 0 spiro atoms. The first-order chi connectivity index (χ1) is 15.8. The van der Waals surface area contributed by atoms with Crippen molar-refractivity contribution < 1.29 is 27.4 Å². The van der Waals surface area contributed by atoms with Crippen molar-refractivity contribution in [1.29, 1.82) is 0 Å². The molecule has 4 aromatic rings. The van der Waals surface area contributed by atoms with Gasteiger partial charge >= 0.3 is 6.18 Å². The van der Waals surface area contributed by atoms with Crippen LogP contribution in [-0.2, 0) is 12.8 Å². The van der Waals surface area contributed by atoms with E-state index in [0.717, 1.165) is 22.9 Å². The van der Waals surface area contributed by atoms with Crippen molar-refractivity contribution in [2.24, 2.45) is 0 Å². The lowest BCUT2D eigenvalue weighted by molar-refractivity contribution is -0.137. The second-order valence-electron chi connectivity index (χ2n) is 7.36. The summed E-state index contributed by atoms with van der Waals surface area (Å²) in [5.41, 5.74) is 0.117. The van der Waals surface area contributed by atoms with Crippen LogP contribution >= 0.6 is 0 Å². The van der Waals surface area contributed by atoms with Gasteiger partial charge in [-0.3, -0.25) is 4.79 Å². The lowest BCUT2D eigenvalue weighted by atomic mass is 10.1. The molecule has 168 valence electrons. The number of ether oxygens (including phenoxy) is 2. The van der Waals surface area contributed by atoms with Crippen LogP contribution in [0.2, 0.25) is 0 Å². The zero-order valence-corrected chi connectivity index (χ0v) is 17.6. The summed E-state index contributed by atoms with van der Waals surface area (Å²) >= 11 is 0. The molecule has 0 aromatic heterocycles. The van der Waals surface area contributed by atoms with Crippen molar-refractivity contribution in [2.45, 2.75) is 12.8 Å². The number of benzene rings is 4. The molecule has 7 heteroatoms. The summed E-state index contributed by atoms with van der Waals surface area (Å²) in [5.74, 6) is 0.657. The maximum atomic E-state index is 12.9. The van der Waals surface area contributed by atoms with Gasteiger partial charge in [0, 0.05) is 16.8 Å². The van der Waals surface area contributed by atoms with Crippen molar-refractivity contribution in [3.05, 3.63) is 102 Å². The number of carbonyl (C=O) groups excluding carboxylic acids is 1. The average Bonchev–Trinajstić information content (AvgIpc) is 2.82. The van der Waals surface area contributed by atoms with Gasteiger partial charge in [0.25, 0.3) is 5.91 Å². The summed E-state index contributed by atoms with van der Waals surface area (Å²) < 4.78 is 50.1. The third-order valence-electron chi connectivity index (χ3n) is 5.11. The number of carbonyl (C=O) groups is 1. The van der Waals surface area contributed by atoms with E-state index in [1.807, 2.05) is 42.5 Å². The zero-order chi connectivity index (χ0) is 23.4. The van der Waals surface area contributed by atoms with Gasteiger partial charge in [0.2, 0.25) is 0 Å².